The van der Waals surface area contributed by atoms with E-state index < -0.39 is 0 Å². The van der Waals surface area contributed by atoms with Gasteiger partial charge in [0.2, 0.25) is 0 Å². The van der Waals surface area contributed by atoms with E-state index >= 15 is 0 Å². The molecule has 6 heteroatoms. The highest BCUT2D eigenvalue weighted by Crippen LogP contribution is 2.22. The van der Waals surface area contributed by atoms with Gasteiger partial charge in [-0.3, -0.25) is 4.79 Å². The molecule has 23 heavy (non-hydrogen) atoms. The van der Waals surface area contributed by atoms with E-state index in [-0.39, 0.29) is 12.5 Å². The predicted molar refractivity (Wildman–Crippen MR) is 93.4 cm³/mol. The Bertz CT molecular complexity index is 699. The Hall–Kier alpha value is -2.53. The second-order valence-corrected chi connectivity index (χ2v) is 5.24. The van der Waals surface area contributed by atoms with Gasteiger partial charge in [-0.25, -0.2) is 5.43 Å². The summed E-state index contributed by atoms with van der Waals surface area (Å²) in [5.41, 5.74) is 5.07. The molecule has 2 aromatic rings. The maximum atomic E-state index is 11.8. The molecule has 0 fully saturated rings. The number of benzene rings is 2. The van der Waals surface area contributed by atoms with Crippen molar-refractivity contribution < 1.29 is 9.53 Å². The number of nitrogens with one attached hydrogen (secondary N) is 2. The van der Waals surface area contributed by atoms with E-state index in [9.17, 15) is 4.79 Å². The van der Waals surface area contributed by atoms with Gasteiger partial charge in [-0.15, -0.1) is 0 Å². The van der Waals surface area contributed by atoms with Crippen LogP contribution >= 0.6 is 11.6 Å². The lowest BCUT2D eigenvalue weighted by atomic mass is 10.2. The number of nitrogens with zero attached hydrogens (tertiary/aromatic N) is 1. The fourth-order valence-corrected chi connectivity index (χ4v) is 2.06. The van der Waals surface area contributed by atoms with Crippen LogP contribution in [0.2, 0.25) is 5.02 Å². The lowest BCUT2D eigenvalue weighted by molar-refractivity contribution is -0.119. The third-order valence-corrected chi connectivity index (χ3v) is 3.64. The number of hydrogen-bond donors (Lipinski definition) is 2. The van der Waals surface area contributed by atoms with Gasteiger partial charge in [-0.1, -0.05) is 17.7 Å². The number of ether oxygens (including phenoxy) is 1. The van der Waals surface area contributed by atoms with E-state index in [1.165, 1.54) is 0 Å². The predicted octanol–water partition coefficient (Wildman–Crippen LogP) is 3.22. The number of anilines is 1. The van der Waals surface area contributed by atoms with Crippen molar-refractivity contribution in [3.05, 3.63) is 58.6 Å². The average molecular weight is 332 g/mol. The third-order valence-electron chi connectivity index (χ3n) is 3.23. The SMILES string of the molecule is COc1ccc(/C=N/NC(=O)CNc2cccc(Cl)c2C)cc1. The zero-order valence-electron chi connectivity index (χ0n) is 13.0. The minimum atomic E-state index is -0.242. The van der Waals surface area contributed by atoms with Gasteiger partial charge in [0.25, 0.3) is 5.91 Å². The number of rotatable bonds is 6. The van der Waals surface area contributed by atoms with E-state index in [1.807, 2.05) is 43.3 Å². The van der Waals surface area contributed by atoms with E-state index in [2.05, 4.69) is 15.8 Å². The minimum absolute atomic E-state index is 0.112. The molecular weight excluding hydrogens is 314 g/mol. The van der Waals surface area contributed by atoms with E-state index in [4.69, 9.17) is 16.3 Å². The van der Waals surface area contributed by atoms with Gasteiger partial charge in [0.1, 0.15) is 5.75 Å². The molecule has 2 N–H and O–H groups in total. The van der Waals surface area contributed by atoms with Gasteiger partial charge in [0.05, 0.1) is 19.9 Å². The first-order valence-corrected chi connectivity index (χ1v) is 7.43. The fraction of sp³-hybridized carbons (Fsp3) is 0.176. The molecule has 0 aliphatic heterocycles. The topological polar surface area (TPSA) is 62.7 Å². The van der Waals surface area contributed by atoms with E-state index in [0.29, 0.717) is 5.02 Å². The number of carbonyl (C=O) groups is 1. The van der Waals surface area contributed by atoms with Crippen molar-refractivity contribution in [3.63, 3.8) is 0 Å². The van der Waals surface area contributed by atoms with E-state index in [0.717, 1.165) is 22.6 Å². The molecule has 0 aromatic heterocycles. The number of carbonyl (C=O) groups excluding carboxylic acids is 1. The van der Waals surface area contributed by atoms with Crippen molar-refractivity contribution in [2.45, 2.75) is 6.92 Å². The first-order chi connectivity index (χ1) is 11.1. The fourth-order valence-electron chi connectivity index (χ4n) is 1.88. The van der Waals surface area contributed by atoms with Gasteiger partial charge < -0.3 is 10.1 Å². The molecule has 0 saturated heterocycles. The number of halogens is 1. The maximum Gasteiger partial charge on any atom is 0.259 e. The van der Waals surface area contributed by atoms with Crippen LogP contribution in [0, 0.1) is 6.92 Å². The van der Waals surface area contributed by atoms with Crippen LogP contribution in [0.4, 0.5) is 5.69 Å². The molecule has 1 amide bonds. The molecule has 2 rings (SSSR count). The molecule has 0 unspecified atom stereocenters. The molecule has 120 valence electrons. The van der Waals surface area contributed by atoms with Crippen LogP contribution in [0.25, 0.3) is 0 Å². The van der Waals surface area contributed by atoms with Crippen molar-refractivity contribution in [1.82, 2.24) is 5.43 Å². The molecule has 0 atom stereocenters. The average Bonchev–Trinajstić information content (AvgIpc) is 2.57. The second-order valence-electron chi connectivity index (χ2n) is 4.83. The van der Waals surface area contributed by atoms with Gasteiger partial charge in [0, 0.05) is 10.7 Å². The zero-order valence-corrected chi connectivity index (χ0v) is 13.7. The number of hydrogen-bond acceptors (Lipinski definition) is 4. The molecule has 0 heterocycles. The quantitative estimate of drug-likeness (QED) is 0.631. The summed E-state index contributed by atoms with van der Waals surface area (Å²) < 4.78 is 5.07. The third kappa shape index (κ3) is 5.00. The molecule has 5 nitrogen and oxygen atoms in total. The Labute approximate surface area is 140 Å². The molecule has 0 saturated carbocycles. The van der Waals surface area contributed by atoms with Crippen molar-refractivity contribution in [3.8, 4) is 5.75 Å². The smallest absolute Gasteiger partial charge is 0.259 e. The number of methoxy groups -OCH3 is 1. The van der Waals surface area contributed by atoms with Crippen molar-refractivity contribution >= 4 is 29.4 Å². The summed E-state index contributed by atoms with van der Waals surface area (Å²) in [6.45, 7) is 2.01. The van der Waals surface area contributed by atoms with Gasteiger partial charge >= 0.3 is 0 Å². The summed E-state index contributed by atoms with van der Waals surface area (Å²) in [5.74, 6) is 0.529. The lowest BCUT2D eigenvalue weighted by Crippen LogP contribution is -2.26. The molecule has 2 aromatic carbocycles. The highest BCUT2D eigenvalue weighted by atomic mass is 35.5. The van der Waals surface area contributed by atoms with Crippen LogP contribution in [0.1, 0.15) is 11.1 Å². The molecule has 0 aliphatic carbocycles. The Kier molecular flexibility index (Phi) is 6.00. The zero-order chi connectivity index (χ0) is 16.7. The van der Waals surface area contributed by atoms with Crippen LogP contribution in [0.15, 0.2) is 47.6 Å². The van der Waals surface area contributed by atoms with Gasteiger partial charge in [0.15, 0.2) is 0 Å². The molecule has 0 aliphatic rings. The number of amides is 1. The van der Waals surface area contributed by atoms with Crippen LogP contribution in [0.3, 0.4) is 0 Å². The van der Waals surface area contributed by atoms with Crippen LogP contribution in [-0.4, -0.2) is 25.8 Å². The molecule has 0 spiro atoms. The highest BCUT2D eigenvalue weighted by Gasteiger charge is 2.04. The Morgan fingerprint density at radius 1 is 1.26 bits per heavy atom. The summed E-state index contributed by atoms with van der Waals surface area (Å²) in [6.07, 6.45) is 1.57. The second kappa shape index (κ2) is 8.19. The Balaban J connectivity index is 1.82. The normalized spacial score (nSPS) is 10.6. The van der Waals surface area contributed by atoms with Crippen LogP contribution in [-0.2, 0) is 4.79 Å². The van der Waals surface area contributed by atoms with Gasteiger partial charge in [-0.05, 0) is 54.4 Å². The summed E-state index contributed by atoms with van der Waals surface area (Å²) in [4.78, 5) is 11.8. The monoisotopic (exact) mass is 331 g/mol. The standard InChI is InChI=1S/C17H18ClN3O2/c1-12-15(18)4-3-5-16(12)19-11-17(22)21-20-10-13-6-8-14(23-2)9-7-13/h3-10,19H,11H2,1-2H3,(H,21,22)/b20-10+. The van der Waals surface area contributed by atoms with Crippen LogP contribution < -0.4 is 15.5 Å². The van der Waals surface area contributed by atoms with Crippen molar-refractivity contribution in [2.24, 2.45) is 5.10 Å². The molecular formula is C17H18ClN3O2. The van der Waals surface area contributed by atoms with Gasteiger partial charge in [-0.2, -0.15) is 5.10 Å². The summed E-state index contributed by atoms with van der Waals surface area (Å²) >= 11 is 6.03. The van der Waals surface area contributed by atoms with E-state index in [1.54, 1.807) is 19.4 Å². The lowest BCUT2D eigenvalue weighted by Gasteiger charge is -2.09. The Morgan fingerprint density at radius 3 is 2.70 bits per heavy atom. The molecule has 0 bridgehead atoms. The van der Waals surface area contributed by atoms with Crippen molar-refractivity contribution in [1.29, 1.82) is 0 Å². The minimum Gasteiger partial charge on any atom is -0.497 e. The summed E-state index contributed by atoms with van der Waals surface area (Å²) in [5, 5.41) is 7.61. The first-order valence-electron chi connectivity index (χ1n) is 7.05. The number of hydrazone groups is 1. The molecule has 0 radical (unpaired) electrons. The van der Waals surface area contributed by atoms with Crippen molar-refractivity contribution in [2.75, 3.05) is 19.0 Å². The summed E-state index contributed by atoms with van der Waals surface area (Å²) in [6, 6.07) is 12.9. The highest BCUT2D eigenvalue weighted by molar-refractivity contribution is 6.31. The first kappa shape index (κ1) is 16.8. The Morgan fingerprint density at radius 2 is 2.00 bits per heavy atom. The largest absolute Gasteiger partial charge is 0.497 e. The maximum absolute atomic E-state index is 11.8. The van der Waals surface area contributed by atoms with Crippen LogP contribution in [0.5, 0.6) is 5.75 Å². The summed E-state index contributed by atoms with van der Waals surface area (Å²) in [7, 11) is 1.61.